The number of hydrogen-bond acceptors (Lipinski definition) is 3. The molecule has 0 spiro atoms. The fraction of sp³-hybridized carbons (Fsp3) is 0.385. The molecule has 0 saturated heterocycles. The molecule has 0 bridgehead atoms. The molecule has 0 aliphatic rings. The molecule has 0 heterocycles. The molecule has 3 nitrogen and oxygen atoms in total. The molecule has 1 unspecified atom stereocenters. The molecule has 0 aliphatic heterocycles. The topological polar surface area (TPSA) is 41.5 Å². The van der Waals surface area contributed by atoms with Gasteiger partial charge in [0.25, 0.3) is 0 Å². The van der Waals surface area contributed by atoms with Crippen LogP contribution in [0.15, 0.2) is 30.3 Å². The predicted octanol–water partition coefficient (Wildman–Crippen LogP) is 1.04. The largest absolute Gasteiger partial charge is 0.491 e. The third kappa shape index (κ3) is 5.40. The van der Waals surface area contributed by atoms with Crippen LogP contribution < -0.4 is 10.1 Å². The van der Waals surface area contributed by atoms with Crippen LogP contribution in [0.5, 0.6) is 5.75 Å². The van der Waals surface area contributed by atoms with Crippen molar-refractivity contribution in [2.75, 3.05) is 19.7 Å². The zero-order valence-corrected chi connectivity index (χ0v) is 9.23. The standard InChI is InChI=1S/C13H17NO2/c1-2-3-9-14-10-12(15)11-16-13-7-5-4-6-8-13/h1,4-8,12,14-15H,3,9-11H2. The molecule has 3 heteroatoms. The first-order valence-corrected chi connectivity index (χ1v) is 5.33. The number of para-hydroxylation sites is 1. The Labute approximate surface area is 96.4 Å². The molecule has 1 aromatic rings. The Hall–Kier alpha value is -1.50. The number of aliphatic hydroxyl groups excluding tert-OH is 1. The van der Waals surface area contributed by atoms with Gasteiger partial charge in [-0.3, -0.25) is 0 Å². The van der Waals surface area contributed by atoms with Crippen LogP contribution in [0.3, 0.4) is 0 Å². The van der Waals surface area contributed by atoms with Crippen molar-refractivity contribution in [1.82, 2.24) is 5.32 Å². The van der Waals surface area contributed by atoms with Crippen LogP contribution in [-0.4, -0.2) is 30.9 Å². The summed E-state index contributed by atoms with van der Waals surface area (Å²) in [5.41, 5.74) is 0. The molecule has 2 N–H and O–H groups in total. The van der Waals surface area contributed by atoms with Gasteiger partial charge >= 0.3 is 0 Å². The lowest BCUT2D eigenvalue weighted by molar-refractivity contribution is 0.107. The molecule has 0 aromatic heterocycles. The normalized spacial score (nSPS) is 11.8. The fourth-order valence-corrected chi connectivity index (χ4v) is 1.20. The summed E-state index contributed by atoms with van der Waals surface area (Å²) in [5.74, 6) is 3.29. The second-order valence-corrected chi connectivity index (χ2v) is 3.44. The molecular weight excluding hydrogens is 202 g/mol. The van der Waals surface area contributed by atoms with Crippen molar-refractivity contribution >= 4 is 0 Å². The predicted molar refractivity (Wildman–Crippen MR) is 64.3 cm³/mol. The van der Waals surface area contributed by atoms with Crippen molar-refractivity contribution < 1.29 is 9.84 Å². The van der Waals surface area contributed by atoms with Crippen molar-refractivity contribution in [3.63, 3.8) is 0 Å². The van der Waals surface area contributed by atoms with Crippen LogP contribution >= 0.6 is 0 Å². The second-order valence-electron chi connectivity index (χ2n) is 3.44. The number of nitrogens with one attached hydrogen (secondary N) is 1. The lowest BCUT2D eigenvalue weighted by atomic mass is 10.3. The zero-order chi connectivity index (χ0) is 11.6. The smallest absolute Gasteiger partial charge is 0.119 e. The maximum absolute atomic E-state index is 9.57. The van der Waals surface area contributed by atoms with E-state index < -0.39 is 6.10 Å². The Bertz CT molecular complexity index is 318. The van der Waals surface area contributed by atoms with Gasteiger partial charge in [-0.1, -0.05) is 18.2 Å². The van der Waals surface area contributed by atoms with E-state index in [-0.39, 0.29) is 6.61 Å². The van der Waals surface area contributed by atoms with Crippen LogP contribution in [0.2, 0.25) is 0 Å². The minimum atomic E-state index is -0.516. The van der Waals surface area contributed by atoms with Crippen molar-refractivity contribution in [2.45, 2.75) is 12.5 Å². The van der Waals surface area contributed by atoms with Crippen LogP contribution in [-0.2, 0) is 0 Å². The quantitative estimate of drug-likeness (QED) is 0.532. The average Bonchev–Trinajstić information content (AvgIpc) is 2.33. The summed E-state index contributed by atoms with van der Waals surface area (Å²) in [6.07, 6.45) is 5.26. The van der Waals surface area contributed by atoms with Crippen molar-refractivity contribution in [3.05, 3.63) is 30.3 Å². The lowest BCUT2D eigenvalue weighted by Crippen LogP contribution is -2.31. The number of rotatable bonds is 7. The van der Waals surface area contributed by atoms with Gasteiger partial charge in [-0.15, -0.1) is 12.3 Å². The minimum absolute atomic E-state index is 0.285. The molecule has 0 radical (unpaired) electrons. The van der Waals surface area contributed by atoms with Gasteiger partial charge in [0.2, 0.25) is 0 Å². The Morgan fingerprint density at radius 3 is 2.81 bits per heavy atom. The minimum Gasteiger partial charge on any atom is -0.491 e. The summed E-state index contributed by atoms with van der Waals surface area (Å²) in [4.78, 5) is 0. The van der Waals surface area contributed by atoms with Gasteiger partial charge in [0.1, 0.15) is 18.5 Å². The number of aliphatic hydroxyl groups is 1. The third-order valence-corrected chi connectivity index (χ3v) is 2.01. The molecule has 0 fully saturated rings. The van der Waals surface area contributed by atoms with E-state index in [9.17, 15) is 5.11 Å². The van der Waals surface area contributed by atoms with Gasteiger partial charge in [0.05, 0.1) is 0 Å². The van der Waals surface area contributed by atoms with Crippen molar-refractivity contribution in [2.24, 2.45) is 0 Å². The van der Waals surface area contributed by atoms with E-state index in [2.05, 4.69) is 11.2 Å². The summed E-state index contributed by atoms with van der Waals surface area (Å²) in [6, 6.07) is 9.43. The summed E-state index contributed by atoms with van der Waals surface area (Å²) in [7, 11) is 0. The number of hydrogen-bond donors (Lipinski definition) is 2. The Morgan fingerprint density at radius 2 is 2.12 bits per heavy atom. The van der Waals surface area contributed by atoms with Gasteiger partial charge in [-0.2, -0.15) is 0 Å². The highest BCUT2D eigenvalue weighted by Crippen LogP contribution is 2.08. The Balaban J connectivity index is 2.11. The first-order chi connectivity index (χ1) is 7.83. The van der Waals surface area contributed by atoms with E-state index >= 15 is 0 Å². The Morgan fingerprint density at radius 1 is 1.38 bits per heavy atom. The van der Waals surface area contributed by atoms with E-state index in [4.69, 9.17) is 11.2 Å². The van der Waals surface area contributed by atoms with Crippen molar-refractivity contribution in [1.29, 1.82) is 0 Å². The molecule has 1 rings (SSSR count). The molecule has 86 valence electrons. The first-order valence-electron chi connectivity index (χ1n) is 5.33. The molecule has 0 amide bonds. The van der Waals surface area contributed by atoms with Gasteiger partial charge in [0.15, 0.2) is 0 Å². The number of benzene rings is 1. The van der Waals surface area contributed by atoms with E-state index in [0.29, 0.717) is 13.0 Å². The molecule has 1 atom stereocenters. The second kappa shape index (κ2) is 7.75. The SMILES string of the molecule is C#CCCNCC(O)COc1ccccc1. The van der Waals surface area contributed by atoms with E-state index in [1.807, 2.05) is 30.3 Å². The molecule has 1 aromatic carbocycles. The van der Waals surface area contributed by atoms with Crippen LogP contribution in [0.4, 0.5) is 0 Å². The monoisotopic (exact) mass is 219 g/mol. The Kier molecular flexibility index (Phi) is 6.09. The summed E-state index contributed by atoms with van der Waals surface area (Å²) >= 11 is 0. The maximum Gasteiger partial charge on any atom is 0.119 e. The molecular formula is C13H17NO2. The summed E-state index contributed by atoms with van der Waals surface area (Å²) in [5, 5.41) is 12.6. The maximum atomic E-state index is 9.57. The zero-order valence-electron chi connectivity index (χ0n) is 9.23. The number of ether oxygens (including phenoxy) is 1. The summed E-state index contributed by atoms with van der Waals surface area (Å²) < 4.78 is 5.39. The highest BCUT2D eigenvalue weighted by atomic mass is 16.5. The van der Waals surface area contributed by atoms with Crippen molar-refractivity contribution in [3.8, 4) is 18.1 Å². The lowest BCUT2D eigenvalue weighted by Gasteiger charge is -2.12. The van der Waals surface area contributed by atoms with Crippen LogP contribution in [0.25, 0.3) is 0 Å². The van der Waals surface area contributed by atoms with Crippen LogP contribution in [0, 0.1) is 12.3 Å². The number of terminal acetylenes is 1. The first kappa shape index (κ1) is 12.6. The summed E-state index contributed by atoms with van der Waals surface area (Å²) in [6.45, 7) is 1.50. The van der Waals surface area contributed by atoms with E-state index in [0.717, 1.165) is 12.3 Å². The molecule has 0 aliphatic carbocycles. The molecule has 16 heavy (non-hydrogen) atoms. The highest BCUT2D eigenvalue weighted by Gasteiger charge is 2.03. The van der Waals surface area contributed by atoms with Gasteiger partial charge in [0, 0.05) is 19.5 Å². The molecule has 0 saturated carbocycles. The third-order valence-electron chi connectivity index (χ3n) is 2.01. The fourth-order valence-electron chi connectivity index (χ4n) is 1.20. The highest BCUT2D eigenvalue weighted by molar-refractivity contribution is 5.20. The van der Waals surface area contributed by atoms with E-state index in [1.165, 1.54) is 0 Å². The van der Waals surface area contributed by atoms with Gasteiger partial charge in [-0.25, -0.2) is 0 Å². The van der Waals surface area contributed by atoms with Gasteiger partial charge < -0.3 is 15.2 Å². The average molecular weight is 219 g/mol. The van der Waals surface area contributed by atoms with Crippen LogP contribution in [0.1, 0.15) is 6.42 Å². The van der Waals surface area contributed by atoms with E-state index in [1.54, 1.807) is 0 Å². The van der Waals surface area contributed by atoms with Gasteiger partial charge in [-0.05, 0) is 12.1 Å².